The molecule has 0 spiro atoms. The van der Waals surface area contributed by atoms with Gasteiger partial charge in [0.1, 0.15) is 17.7 Å². The number of aliphatic carboxylic acids is 1. The number of carboxylic acids is 1. The average molecular weight is 371 g/mol. The third-order valence-electron chi connectivity index (χ3n) is 3.92. The van der Waals surface area contributed by atoms with Gasteiger partial charge in [-0.3, -0.25) is 9.59 Å². The lowest BCUT2D eigenvalue weighted by Gasteiger charge is -2.30. The Morgan fingerprint density at radius 2 is 1.69 bits per heavy atom. The van der Waals surface area contributed by atoms with E-state index >= 15 is 0 Å². The largest absolute Gasteiger partial charge is 0.480 e. The van der Waals surface area contributed by atoms with E-state index in [0.717, 1.165) is 12.1 Å². The van der Waals surface area contributed by atoms with Crippen molar-refractivity contribution in [3.05, 3.63) is 35.4 Å². The molecule has 0 saturated carbocycles. The van der Waals surface area contributed by atoms with Crippen molar-refractivity contribution < 1.29 is 33.0 Å². The number of benzene rings is 1. The summed E-state index contributed by atoms with van der Waals surface area (Å²) in [5.74, 6) is -5.05. The van der Waals surface area contributed by atoms with Crippen molar-refractivity contribution in [3.63, 3.8) is 0 Å². The summed E-state index contributed by atoms with van der Waals surface area (Å²) in [6.45, 7) is 5.26. The number of amides is 1. The highest BCUT2D eigenvalue weighted by molar-refractivity contribution is 5.85. The molecule has 0 aliphatic heterocycles. The number of hydrogen-bond acceptors (Lipinski definition) is 4. The molecule has 1 amide bonds. The number of carboxylic acid groups (broad SMARTS) is 1. The van der Waals surface area contributed by atoms with Gasteiger partial charge >= 0.3 is 11.9 Å². The minimum atomic E-state index is -1.34. The lowest BCUT2D eigenvalue weighted by molar-refractivity contribution is -0.151. The Labute approximate surface area is 150 Å². The minimum absolute atomic E-state index is 0.0736. The molecule has 1 rings (SSSR count). The third-order valence-corrected chi connectivity index (χ3v) is 3.92. The van der Waals surface area contributed by atoms with Gasteiger partial charge in [0.25, 0.3) is 0 Å². The van der Waals surface area contributed by atoms with E-state index in [2.05, 4.69) is 5.32 Å². The molecule has 1 aromatic carbocycles. The van der Waals surface area contributed by atoms with Crippen LogP contribution in [0.3, 0.4) is 0 Å². The molecule has 0 aliphatic carbocycles. The first kappa shape index (κ1) is 21.5. The second-order valence-electron chi connectivity index (χ2n) is 7.09. The molecule has 2 atom stereocenters. The van der Waals surface area contributed by atoms with Crippen LogP contribution in [0.1, 0.15) is 32.8 Å². The Morgan fingerprint density at radius 3 is 2.12 bits per heavy atom. The molecule has 0 saturated heterocycles. The number of methoxy groups -OCH3 is 1. The fourth-order valence-corrected chi connectivity index (χ4v) is 2.55. The standard InChI is InChI=1S/C18H23F2NO5/c1-18(2,3)13(17(25)26-4)9-14(16(23)24)21-15(22)7-10-5-11(19)8-12(20)6-10/h5-6,8,13-14H,7,9H2,1-4H3,(H,21,22)(H,23,24)/t13?,14-/m0/s1. The summed E-state index contributed by atoms with van der Waals surface area (Å²) in [7, 11) is 1.20. The predicted molar refractivity (Wildman–Crippen MR) is 89.2 cm³/mol. The Bertz CT molecular complexity index is 664. The highest BCUT2D eigenvalue weighted by Gasteiger charge is 2.36. The van der Waals surface area contributed by atoms with Crippen molar-refractivity contribution in [2.24, 2.45) is 11.3 Å². The van der Waals surface area contributed by atoms with Crippen LogP contribution >= 0.6 is 0 Å². The molecule has 0 aliphatic rings. The molecule has 144 valence electrons. The minimum Gasteiger partial charge on any atom is -0.480 e. The molecule has 0 bridgehead atoms. The first-order chi connectivity index (χ1) is 11.9. The van der Waals surface area contributed by atoms with E-state index < -0.39 is 53.3 Å². The normalized spacial score (nSPS) is 13.6. The molecule has 0 fully saturated rings. The van der Waals surface area contributed by atoms with Crippen LogP contribution in [0.4, 0.5) is 8.78 Å². The van der Waals surface area contributed by atoms with Gasteiger partial charge in [-0.25, -0.2) is 13.6 Å². The van der Waals surface area contributed by atoms with Crippen molar-refractivity contribution in [1.29, 1.82) is 0 Å². The second-order valence-corrected chi connectivity index (χ2v) is 7.09. The van der Waals surface area contributed by atoms with Crippen molar-refractivity contribution in [2.75, 3.05) is 7.11 Å². The topological polar surface area (TPSA) is 92.7 Å². The van der Waals surface area contributed by atoms with Crippen LogP contribution in [0.5, 0.6) is 0 Å². The van der Waals surface area contributed by atoms with Crippen LogP contribution < -0.4 is 5.32 Å². The molecule has 8 heteroatoms. The van der Waals surface area contributed by atoms with Gasteiger partial charge in [0.2, 0.25) is 5.91 Å². The van der Waals surface area contributed by atoms with Crippen molar-refractivity contribution >= 4 is 17.8 Å². The van der Waals surface area contributed by atoms with Crippen LogP contribution in [-0.2, 0) is 25.5 Å². The van der Waals surface area contributed by atoms with Gasteiger partial charge in [-0.1, -0.05) is 20.8 Å². The number of nitrogens with one attached hydrogen (secondary N) is 1. The summed E-state index contributed by atoms with van der Waals surface area (Å²) >= 11 is 0. The molecular formula is C18H23F2NO5. The van der Waals surface area contributed by atoms with Crippen molar-refractivity contribution in [3.8, 4) is 0 Å². The molecule has 2 N–H and O–H groups in total. The van der Waals surface area contributed by atoms with Crippen LogP contribution in [0.2, 0.25) is 0 Å². The monoisotopic (exact) mass is 371 g/mol. The maximum atomic E-state index is 13.2. The van der Waals surface area contributed by atoms with E-state index in [9.17, 15) is 28.3 Å². The third kappa shape index (κ3) is 6.42. The SMILES string of the molecule is COC(=O)C(C[C@H](NC(=O)Cc1cc(F)cc(F)c1)C(=O)O)C(C)(C)C. The summed E-state index contributed by atoms with van der Waals surface area (Å²) in [6, 6.07) is 1.31. The molecule has 26 heavy (non-hydrogen) atoms. The smallest absolute Gasteiger partial charge is 0.326 e. The van der Waals surface area contributed by atoms with Gasteiger partial charge in [0.15, 0.2) is 0 Å². The maximum Gasteiger partial charge on any atom is 0.326 e. The summed E-state index contributed by atoms with van der Waals surface area (Å²) in [5, 5.41) is 11.7. The van der Waals surface area contributed by atoms with E-state index in [1.54, 1.807) is 20.8 Å². The van der Waals surface area contributed by atoms with Crippen LogP contribution in [0.15, 0.2) is 18.2 Å². The molecule has 0 heterocycles. The van der Waals surface area contributed by atoms with Crippen molar-refractivity contribution in [1.82, 2.24) is 5.32 Å². The maximum absolute atomic E-state index is 13.2. The highest BCUT2D eigenvalue weighted by atomic mass is 19.1. The first-order valence-electron chi connectivity index (χ1n) is 7.99. The molecule has 0 radical (unpaired) electrons. The van der Waals surface area contributed by atoms with E-state index in [1.165, 1.54) is 7.11 Å². The van der Waals surface area contributed by atoms with Crippen LogP contribution in [0.25, 0.3) is 0 Å². The van der Waals surface area contributed by atoms with Crippen LogP contribution in [0, 0.1) is 23.0 Å². The van der Waals surface area contributed by atoms with E-state index in [1.807, 2.05) is 0 Å². The zero-order valence-corrected chi connectivity index (χ0v) is 15.1. The first-order valence-corrected chi connectivity index (χ1v) is 7.99. The number of hydrogen-bond donors (Lipinski definition) is 2. The molecular weight excluding hydrogens is 348 g/mol. The van der Waals surface area contributed by atoms with E-state index in [4.69, 9.17) is 4.74 Å². The van der Waals surface area contributed by atoms with Gasteiger partial charge in [-0.15, -0.1) is 0 Å². The zero-order chi connectivity index (χ0) is 20.1. The number of halogens is 2. The number of rotatable bonds is 7. The summed E-state index contributed by atoms with van der Waals surface area (Å²) < 4.78 is 31.1. The molecule has 6 nitrogen and oxygen atoms in total. The lowest BCUT2D eigenvalue weighted by Crippen LogP contribution is -2.45. The van der Waals surface area contributed by atoms with Gasteiger partial charge < -0.3 is 15.2 Å². The average Bonchev–Trinajstić information content (AvgIpc) is 2.47. The summed E-state index contributed by atoms with van der Waals surface area (Å²) in [5.41, 5.74) is -0.513. The summed E-state index contributed by atoms with van der Waals surface area (Å²) in [6.07, 6.45) is -0.564. The molecule has 0 aromatic heterocycles. The summed E-state index contributed by atoms with van der Waals surface area (Å²) in [4.78, 5) is 35.5. The highest BCUT2D eigenvalue weighted by Crippen LogP contribution is 2.31. The Morgan fingerprint density at radius 1 is 1.15 bits per heavy atom. The molecule has 1 aromatic rings. The predicted octanol–water partition coefficient (Wildman–Crippen LogP) is 2.30. The fourth-order valence-electron chi connectivity index (χ4n) is 2.55. The van der Waals surface area contributed by atoms with Gasteiger partial charge in [-0.05, 0) is 29.5 Å². The Hall–Kier alpha value is -2.51. The Kier molecular flexibility index (Phi) is 7.23. The quantitative estimate of drug-likeness (QED) is 0.718. The second kappa shape index (κ2) is 8.73. The number of carbonyl (C=O) groups excluding carboxylic acids is 2. The number of ether oxygens (including phenoxy) is 1. The van der Waals surface area contributed by atoms with E-state index in [0.29, 0.717) is 6.07 Å². The number of carbonyl (C=O) groups is 3. The Balaban J connectivity index is 2.88. The van der Waals surface area contributed by atoms with Gasteiger partial charge in [0.05, 0.1) is 19.4 Å². The zero-order valence-electron chi connectivity index (χ0n) is 15.1. The number of esters is 1. The van der Waals surface area contributed by atoms with E-state index in [-0.39, 0.29) is 12.0 Å². The van der Waals surface area contributed by atoms with Gasteiger partial charge in [0, 0.05) is 6.07 Å². The van der Waals surface area contributed by atoms with Crippen molar-refractivity contribution in [2.45, 2.75) is 39.7 Å². The van der Waals surface area contributed by atoms with Crippen LogP contribution in [-0.4, -0.2) is 36.1 Å². The lowest BCUT2D eigenvalue weighted by atomic mass is 9.77. The fraction of sp³-hybridized carbons (Fsp3) is 0.500. The molecule has 1 unspecified atom stereocenters. The van der Waals surface area contributed by atoms with Gasteiger partial charge in [-0.2, -0.15) is 0 Å².